The molecule has 0 saturated carbocycles. The van der Waals surface area contributed by atoms with Crippen molar-refractivity contribution in [2.45, 2.75) is 6.92 Å². The minimum Gasteiger partial charge on any atom is -0.289 e. The smallest absolute Gasteiger partial charge is 0.0638 e. The zero-order valence-electron chi connectivity index (χ0n) is 20.5. The molecule has 0 radical (unpaired) electrons. The third-order valence-corrected chi connectivity index (χ3v) is 5.28. The van der Waals surface area contributed by atoms with Crippen molar-refractivity contribution in [1.82, 2.24) is 0 Å². The SMILES string of the molecule is CN=C1C=CC(=Nc2ccc(N=C3C=CC(=Nc4ccccc4)C=C3)cc2)C=C1.Cc1ccccc1. The van der Waals surface area contributed by atoms with Crippen LogP contribution in [0.3, 0.4) is 0 Å². The quantitative estimate of drug-likeness (QED) is 0.351. The summed E-state index contributed by atoms with van der Waals surface area (Å²) < 4.78 is 0. The first kappa shape index (κ1) is 24.4. The van der Waals surface area contributed by atoms with E-state index in [1.807, 2.05) is 121 Å². The normalized spacial score (nSPS) is 13.7. The third-order valence-electron chi connectivity index (χ3n) is 5.28. The van der Waals surface area contributed by atoms with Gasteiger partial charge in [-0.1, -0.05) is 54.1 Å². The molecule has 0 aliphatic heterocycles. The molecule has 0 spiro atoms. The molecule has 2 aliphatic carbocycles. The highest BCUT2D eigenvalue weighted by atomic mass is 14.8. The van der Waals surface area contributed by atoms with Gasteiger partial charge in [0.25, 0.3) is 0 Å². The van der Waals surface area contributed by atoms with E-state index in [-0.39, 0.29) is 0 Å². The molecule has 3 aromatic rings. The van der Waals surface area contributed by atoms with Gasteiger partial charge in [0.05, 0.1) is 39.9 Å². The summed E-state index contributed by atoms with van der Waals surface area (Å²) in [7, 11) is 1.78. The average molecular weight is 469 g/mol. The number of rotatable bonds is 3. The Hall–Kier alpha value is -4.70. The van der Waals surface area contributed by atoms with E-state index < -0.39 is 0 Å². The van der Waals surface area contributed by atoms with Crippen LogP contribution in [0.15, 0.2) is 154 Å². The highest BCUT2D eigenvalue weighted by molar-refractivity contribution is 6.20. The van der Waals surface area contributed by atoms with Crippen LogP contribution in [0.4, 0.5) is 17.1 Å². The van der Waals surface area contributed by atoms with E-state index in [9.17, 15) is 0 Å². The lowest BCUT2D eigenvalue weighted by molar-refractivity contribution is 1.45. The van der Waals surface area contributed by atoms with E-state index in [2.05, 4.69) is 39.0 Å². The van der Waals surface area contributed by atoms with Crippen LogP contribution in [0, 0.1) is 6.92 Å². The van der Waals surface area contributed by atoms with Crippen LogP contribution in [0.5, 0.6) is 0 Å². The molecule has 0 unspecified atom stereocenters. The summed E-state index contributed by atoms with van der Waals surface area (Å²) in [5, 5.41) is 0. The Morgan fingerprint density at radius 3 is 1.06 bits per heavy atom. The van der Waals surface area contributed by atoms with Gasteiger partial charge in [0.1, 0.15) is 0 Å². The molecular formula is C32H28N4. The number of hydrogen-bond donors (Lipinski definition) is 0. The van der Waals surface area contributed by atoms with Crippen LogP contribution in [0.2, 0.25) is 0 Å². The zero-order chi connectivity index (χ0) is 25.0. The van der Waals surface area contributed by atoms with Crippen molar-refractivity contribution in [3.8, 4) is 0 Å². The molecule has 2 aliphatic rings. The molecular weight excluding hydrogens is 440 g/mol. The van der Waals surface area contributed by atoms with Crippen molar-refractivity contribution in [2.24, 2.45) is 20.0 Å². The van der Waals surface area contributed by atoms with Crippen molar-refractivity contribution in [3.63, 3.8) is 0 Å². The molecule has 0 fully saturated rings. The second-order valence-electron chi connectivity index (χ2n) is 8.10. The fourth-order valence-electron chi connectivity index (χ4n) is 3.36. The van der Waals surface area contributed by atoms with Gasteiger partial charge in [0.15, 0.2) is 0 Å². The highest BCUT2D eigenvalue weighted by Crippen LogP contribution is 2.21. The lowest BCUT2D eigenvalue weighted by Crippen LogP contribution is -1.99. The minimum absolute atomic E-state index is 0.886. The molecule has 4 heteroatoms. The number of nitrogens with zero attached hydrogens (tertiary/aromatic N) is 4. The first-order valence-electron chi connectivity index (χ1n) is 11.8. The van der Waals surface area contributed by atoms with Gasteiger partial charge in [0, 0.05) is 7.05 Å². The lowest BCUT2D eigenvalue weighted by atomic mass is 10.1. The van der Waals surface area contributed by atoms with Crippen LogP contribution in [-0.2, 0) is 0 Å². The molecule has 0 aromatic heterocycles. The molecule has 0 amide bonds. The van der Waals surface area contributed by atoms with Gasteiger partial charge >= 0.3 is 0 Å². The second kappa shape index (κ2) is 12.7. The Kier molecular flexibility index (Phi) is 8.60. The molecule has 0 atom stereocenters. The van der Waals surface area contributed by atoms with E-state index in [0.717, 1.165) is 39.9 Å². The van der Waals surface area contributed by atoms with Gasteiger partial charge in [-0.05, 0) is 91.9 Å². The van der Waals surface area contributed by atoms with Crippen LogP contribution in [-0.4, -0.2) is 29.9 Å². The van der Waals surface area contributed by atoms with E-state index in [1.165, 1.54) is 5.56 Å². The van der Waals surface area contributed by atoms with Crippen molar-refractivity contribution in [2.75, 3.05) is 7.05 Å². The van der Waals surface area contributed by atoms with E-state index in [4.69, 9.17) is 0 Å². The van der Waals surface area contributed by atoms with Gasteiger partial charge in [-0.3, -0.25) is 4.99 Å². The van der Waals surface area contributed by atoms with Crippen LogP contribution >= 0.6 is 0 Å². The molecule has 176 valence electrons. The van der Waals surface area contributed by atoms with Gasteiger partial charge < -0.3 is 0 Å². The Morgan fingerprint density at radius 2 is 0.722 bits per heavy atom. The summed E-state index contributed by atoms with van der Waals surface area (Å²) in [5.74, 6) is 0. The number of hydrogen-bond acceptors (Lipinski definition) is 4. The molecule has 0 N–H and O–H groups in total. The van der Waals surface area contributed by atoms with Crippen molar-refractivity contribution in [1.29, 1.82) is 0 Å². The minimum atomic E-state index is 0.886. The Balaban J connectivity index is 0.000000375. The maximum absolute atomic E-state index is 4.66. The van der Waals surface area contributed by atoms with Crippen molar-refractivity contribution >= 4 is 39.9 Å². The maximum Gasteiger partial charge on any atom is 0.0638 e. The molecule has 0 heterocycles. The van der Waals surface area contributed by atoms with Crippen molar-refractivity contribution in [3.05, 3.63) is 139 Å². The number of para-hydroxylation sites is 1. The monoisotopic (exact) mass is 468 g/mol. The Labute approximate surface area is 212 Å². The first-order valence-corrected chi connectivity index (χ1v) is 11.8. The summed E-state index contributed by atoms with van der Waals surface area (Å²) in [6, 6.07) is 28.1. The average Bonchev–Trinajstić information content (AvgIpc) is 2.93. The van der Waals surface area contributed by atoms with Gasteiger partial charge in [-0.15, -0.1) is 0 Å². The van der Waals surface area contributed by atoms with Crippen LogP contribution < -0.4 is 0 Å². The summed E-state index contributed by atoms with van der Waals surface area (Å²) in [6.07, 6.45) is 15.7. The van der Waals surface area contributed by atoms with Crippen LogP contribution in [0.25, 0.3) is 0 Å². The topological polar surface area (TPSA) is 49.4 Å². The predicted octanol–water partition coefficient (Wildman–Crippen LogP) is 7.92. The summed E-state index contributed by atoms with van der Waals surface area (Å²) >= 11 is 0. The largest absolute Gasteiger partial charge is 0.289 e. The number of aliphatic imine (C=N–C) groups is 4. The molecule has 3 aromatic carbocycles. The van der Waals surface area contributed by atoms with Crippen LogP contribution in [0.1, 0.15) is 5.56 Å². The zero-order valence-corrected chi connectivity index (χ0v) is 20.5. The lowest BCUT2D eigenvalue weighted by Gasteiger charge is -2.04. The summed E-state index contributed by atoms with van der Waals surface area (Å²) in [6.45, 7) is 2.08. The Morgan fingerprint density at radius 1 is 0.389 bits per heavy atom. The summed E-state index contributed by atoms with van der Waals surface area (Å²) in [4.78, 5) is 18.0. The fourth-order valence-corrected chi connectivity index (χ4v) is 3.36. The number of aryl methyl sites for hydroxylation is 1. The van der Waals surface area contributed by atoms with E-state index in [0.29, 0.717) is 0 Å². The number of allylic oxidation sites excluding steroid dienone is 8. The standard InChI is InChI=1S/C25H20N4.C7H8/c1-26-19-7-9-21(10-8-19)28-23-15-17-25(18-16-23)29-24-13-11-22(12-14-24)27-20-5-3-2-4-6-20;1-7-5-3-2-4-6-7/h2-18H,1H3;2-6H,1H3. The maximum atomic E-state index is 4.66. The second-order valence-corrected chi connectivity index (χ2v) is 8.10. The van der Waals surface area contributed by atoms with Gasteiger partial charge in [0.2, 0.25) is 0 Å². The number of benzene rings is 3. The van der Waals surface area contributed by atoms with E-state index >= 15 is 0 Å². The molecule has 36 heavy (non-hydrogen) atoms. The first-order chi connectivity index (χ1) is 17.7. The summed E-state index contributed by atoms with van der Waals surface area (Å²) in [5.41, 5.74) is 7.68. The van der Waals surface area contributed by atoms with E-state index in [1.54, 1.807) is 7.05 Å². The molecule has 0 bridgehead atoms. The molecule has 5 rings (SSSR count). The Bertz CT molecular complexity index is 1360. The van der Waals surface area contributed by atoms with Gasteiger partial charge in [-0.2, -0.15) is 0 Å². The fraction of sp³-hybridized carbons (Fsp3) is 0.0625. The van der Waals surface area contributed by atoms with Crippen molar-refractivity contribution < 1.29 is 0 Å². The molecule has 0 saturated heterocycles. The molecule has 4 nitrogen and oxygen atoms in total. The predicted molar refractivity (Wildman–Crippen MR) is 155 cm³/mol. The highest BCUT2D eigenvalue weighted by Gasteiger charge is 2.02. The van der Waals surface area contributed by atoms with Gasteiger partial charge in [-0.25, -0.2) is 15.0 Å². The third kappa shape index (κ3) is 7.67.